The SMILES string of the molecule is CCC(Cl)(Cl)CCCCC(Cl)C(C)Cl. The molecule has 4 heteroatoms. The first-order valence-electron chi connectivity index (χ1n) is 5.05. The molecule has 2 atom stereocenters. The average molecular weight is 280 g/mol. The Hall–Kier alpha value is 1.16. The molecule has 0 fully saturated rings. The van der Waals surface area contributed by atoms with Crippen molar-refractivity contribution in [2.75, 3.05) is 0 Å². The molecule has 0 aliphatic rings. The molecule has 0 aromatic rings. The zero-order valence-corrected chi connectivity index (χ0v) is 11.7. The lowest BCUT2D eigenvalue weighted by atomic mass is 10.1. The lowest BCUT2D eigenvalue weighted by molar-refractivity contribution is 0.571. The second-order valence-electron chi connectivity index (χ2n) is 3.65. The Kier molecular flexibility index (Phi) is 8.05. The molecule has 0 spiro atoms. The minimum atomic E-state index is -0.561. The fourth-order valence-electron chi connectivity index (χ4n) is 1.13. The van der Waals surface area contributed by atoms with Crippen LogP contribution in [0.2, 0.25) is 0 Å². The highest BCUT2D eigenvalue weighted by Gasteiger charge is 2.20. The van der Waals surface area contributed by atoms with Crippen molar-refractivity contribution < 1.29 is 0 Å². The molecule has 0 rings (SSSR count). The predicted molar refractivity (Wildman–Crippen MR) is 68.2 cm³/mol. The van der Waals surface area contributed by atoms with Crippen molar-refractivity contribution >= 4 is 46.4 Å². The summed E-state index contributed by atoms with van der Waals surface area (Å²) in [6, 6.07) is 0. The highest BCUT2D eigenvalue weighted by molar-refractivity contribution is 6.48. The molecule has 2 unspecified atom stereocenters. The third-order valence-electron chi connectivity index (χ3n) is 2.29. The Morgan fingerprint density at radius 2 is 1.71 bits per heavy atom. The minimum absolute atomic E-state index is 0.0274. The predicted octanol–water partition coefficient (Wildman–Crippen LogP) is 5.37. The molecule has 14 heavy (non-hydrogen) atoms. The Morgan fingerprint density at radius 1 is 1.14 bits per heavy atom. The zero-order valence-electron chi connectivity index (χ0n) is 8.70. The first-order valence-corrected chi connectivity index (χ1v) is 6.68. The summed E-state index contributed by atoms with van der Waals surface area (Å²) in [5.74, 6) is 0. The van der Waals surface area contributed by atoms with Crippen LogP contribution < -0.4 is 0 Å². The summed E-state index contributed by atoms with van der Waals surface area (Å²) in [7, 11) is 0. The molecule has 0 saturated heterocycles. The first-order chi connectivity index (χ1) is 6.39. The number of rotatable bonds is 7. The van der Waals surface area contributed by atoms with Gasteiger partial charge in [0.05, 0.1) is 0 Å². The zero-order chi connectivity index (χ0) is 11.2. The molecule has 86 valence electrons. The molecule has 0 aliphatic heterocycles. The summed E-state index contributed by atoms with van der Waals surface area (Å²) >= 11 is 23.9. The van der Waals surface area contributed by atoms with E-state index in [0.717, 1.165) is 32.1 Å². The number of hydrogen-bond donors (Lipinski definition) is 0. The van der Waals surface area contributed by atoms with Gasteiger partial charge in [0, 0.05) is 10.8 Å². The maximum atomic E-state index is 6.00. The van der Waals surface area contributed by atoms with Gasteiger partial charge in [-0.1, -0.05) is 19.8 Å². The molecule has 0 radical (unpaired) electrons. The second-order valence-corrected chi connectivity index (χ2v) is 6.54. The monoisotopic (exact) mass is 278 g/mol. The summed E-state index contributed by atoms with van der Waals surface area (Å²) in [5, 5.41) is 0.0814. The Bertz CT molecular complexity index is 145. The summed E-state index contributed by atoms with van der Waals surface area (Å²) in [4.78, 5) is 0. The van der Waals surface area contributed by atoms with Gasteiger partial charge < -0.3 is 0 Å². The Balaban J connectivity index is 3.47. The molecule has 0 aromatic carbocycles. The van der Waals surface area contributed by atoms with E-state index in [0.29, 0.717) is 0 Å². The first kappa shape index (κ1) is 15.2. The molecular weight excluding hydrogens is 262 g/mol. The molecule has 0 aliphatic carbocycles. The van der Waals surface area contributed by atoms with E-state index in [1.165, 1.54) is 0 Å². The third kappa shape index (κ3) is 7.45. The van der Waals surface area contributed by atoms with Gasteiger partial charge in [-0.25, -0.2) is 0 Å². The highest BCUT2D eigenvalue weighted by Crippen LogP contribution is 2.31. The van der Waals surface area contributed by atoms with E-state index in [2.05, 4.69) is 0 Å². The van der Waals surface area contributed by atoms with E-state index in [1.54, 1.807) is 0 Å². The molecule has 0 saturated carbocycles. The van der Waals surface area contributed by atoms with Crippen LogP contribution in [0.1, 0.15) is 46.0 Å². The van der Waals surface area contributed by atoms with E-state index in [1.807, 2.05) is 13.8 Å². The van der Waals surface area contributed by atoms with Crippen LogP contribution in [0.15, 0.2) is 0 Å². The fourth-order valence-corrected chi connectivity index (χ4v) is 1.68. The summed E-state index contributed by atoms with van der Waals surface area (Å²) in [6.07, 6.45) is 4.58. The number of hydrogen-bond acceptors (Lipinski definition) is 0. The van der Waals surface area contributed by atoms with Gasteiger partial charge in [-0.15, -0.1) is 46.4 Å². The highest BCUT2D eigenvalue weighted by atomic mass is 35.5. The standard InChI is InChI=1S/C10H18Cl4/c1-3-10(13,14)7-5-4-6-9(12)8(2)11/h8-9H,3-7H2,1-2H3. The van der Waals surface area contributed by atoms with Gasteiger partial charge in [0.1, 0.15) is 4.33 Å². The number of unbranched alkanes of at least 4 members (excludes halogenated alkanes) is 1. The van der Waals surface area contributed by atoms with Crippen LogP contribution in [0.3, 0.4) is 0 Å². The van der Waals surface area contributed by atoms with Crippen molar-refractivity contribution in [3.63, 3.8) is 0 Å². The summed E-state index contributed by atoms with van der Waals surface area (Å²) < 4.78 is -0.561. The molecule has 0 nitrogen and oxygen atoms in total. The normalized spacial score (nSPS) is 16.7. The molecule has 0 amide bonds. The lowest BCUT2D eigenvalue weighted by Gasteiger charge is -2.17. The van der Waals surface area contributed by atoms with E-state index in [-0.39, 0.29) is 10.8 Å². The van der Waals surface area contributed by atoms with Crippen molar-refractivity contribution in [3.8, 4) is 0 Å². The van der Waals surface area contributed by atoms with Crippen LogP contribution in [-0.4, -0.2) is 15.1 Å². The van der Waals surface area contributed by atoms with Crippen molar-refractivity contribution in [3.05, 3.63) is 0 Å². The van der Waals surface area contributed by atoms with Crippen LogP contribution in [0.5, 0.6) is 0 Å². The van der Waals surface area contributed by atoms with Crippen molar-refractivity contribution in [1.29, 1.82) is 0 Å². The fraction of sp³-hybridized carbons (Fsp3) is 1.00. The van der Waals surface area contributed by atoms with Crippen LogP contribution in [-0.2, 0) is 0 Å². The van der Waals surface area contributed by atoms with E-state index >= 15 is 0 Å². The molecule has 0 bridgehead atoms. The van der Waals surface area contributed by atoms with Gasteiger partial charge in [-0.05, 0) is 26.2 Å². The van der Waals surface area contributed by atoms with E-state index in [4.69, 9.17) is 46.4 Å². The van der Waals surface area contributed by atoms with Gasteiger partial charge in [-0.2, -0.15) is 0 Å². The quantitative estimate of drug-likeness (QED) is 0.434. The minimum Gasteiger partial charge on any atom is -0.122 e. The van der Waals surface area contributed by atoms with E-state index < -0.39 is 4.33 Å². The Morgan fingerprint density at radius 3 is 2.14 bits per heavy atom. The molecular formula is C10H18Cl4. The van der Waals surface area contributed by atoms with Crippen LogP contribution in [0.25, 0.3) is 0 Å². The average Bonchev–Trinajstić information content (AvgIpc) is 2.12. The summed E-state index contributed by atoms with van der Waals surface area (Å²) in [5.41, 5.74) is 0. The van der Waals surface area contributed by atoms with Crippen LogP contribution >= 0.6 is 46.4 Å². The van der Waals surface area contributed by atoms with Crippen molar-refractivity contribution in [1.82, 2.24) is 0 Å². The molecule has 0 N–H and O–H groups in total. The van der Waals surface area contributed by atoms with Crippen LogP contribution in [0, 0.1) is 0 Å². The number of alkyl halides is 4. The maximum Gasteiger partial charge on any atom is 0.118 e. The third-order valence-corrected chi connectivity index (χ3v) is 4.23. The molecule has 0 aromatic heterocycles. The van der Waals surface area contributed by atoms with Gasteiger partial charge >= 0.3 is 0 Å². The van der Waals surface area contributed by atoms with Crippen LogP contribution in [0.4, 0.5) is 0 Å². The summed E-state index contributed by atoms with van der Waals surface area (Å²) in [6.45, 7) is 3.91. The van der Waals surface area contributed by atoms with Gasteiger partial charge in [-0.3, -0.25) is 0 Å². The van der Waals surface area contributed by atoms with E-state index in [9.17, 15) is 0 Å². The number of halogens is 4. The largest absolute Gasteiger partial charge is 0.122 e. The smallest absolute Gasteiger partial charge is 0.118 e. The Labute approximate surface area is 107 Å². The maximum absolute atomic E-state index is 6.00. The topological polar surface area (TPSA) is 0 Å². The lowest BCUT2D eigenvalue weighted by Crippen LogP contribution is -2.13. The van der Waals surface area contributed by atoms with Crippen molar-refractivity contribution in [2.24, 2.45) is 0 Å². The molecule has 0 heterocycles. The van der Waals surface area contributed by atoms with Crippen molar-refractivity contribution in [2.45, 2.75) is 61.0 Å². The van der Waals surface area contributed by atoms with Gasteiger partial charge in [0.2, 0.25) is 0 Å². The van der Waals surface area contributed by atoms with Gasteiger partial charge in [0.15, 0.2) is 0 Å². The second kappa shape index (κ2) is 7.44. The van der Waals surface area contributed by atoms with Gasteiger partial charge in [0.25, 0.3) is 0 Å².